The van der Waals surface area contributed by atoms with Crippen LogP contribution in [0.15, 0.2) is 66.9 Å². The molecular weight excluding hydrogens is 364 g/mol. The first-order valence-corrected chi connectivity index (χ1v) is 11.1. The van der Waals surface area contributed by atoms with E-state index < -0.39 is 0 Å². The fourth-order valence-corrected chi connectivity index (χ4v) is 5.45. The Hall–Kier alpha value is -3.13. The molecule has 30 heavy (non-hydrogen) atoms. The van der Waals surface area contributed by atoms with E-state index in [2.05, 4.69) is 104 Å². The van der Waals surface area contributed by atoms with Crippen LogP contribution in [0.5, 0.6) is 0 Å². The largest absolute Gasteiger partial charge is 0.295 e. The van der Waals surface area contributed by atoms with Gasteiger partial charge in [0.2, 0.25) is 0 Å². The third-order valence-corrected chi connectivity index (χ3v) is 6.78. The molecule has 1 aliphatic rings. The average Bonchev–Trinajstić information content (AvgIpc) is 3.29. The van der Waals surface area contributed by atoms with Gasteiger partial charge >= 0.3 is 0 Å². The highest BCUT2D eigenvalue weighted by Crippen LogP contribution is 2.41. The third-order valence-electron chi connectivity index (χ3n) is 6.78. The molecule has 0 fully saturated rings. The molecule has 0 unspecified atom stereocenters. The van der Waals surface area contributed by atoms with Crippen molar-refractivity contribution in [1.29, 1.82) is 0 Å². The lowest BCUT2D eigenvalue weighted by Gasteiger charge is -2.18. The first-order valence-electron chi connectivity index (χ1n) is 11.1. The summed E-state index contributed by atoms with van der Waals surface area (Å²) in [6, 6.07) is 22.5. The van der Waals surface area contributed by atoms with Gasteiger partial charge in [0.15, 0.2) is 5.69 Å². The van der Waals surface area contributed by atoms with Crippen LogP contribution in [0.3, 0.4) is 0 Å². The Bertz CT molecular complexity index is 1440. The highest BCUT2D eigenvalue weighted by atomic mass is 15.1. The van der Waals surface area contributed by atoms with E-state index >= 15 is 0 Å². The Morgan fingerprint density at radius 3 is 2.17 bits per heavy atom. The van der Waals surface area contributed by atoms with E-state index in [0.717, 1.165) is 6.54 Å². The number of pyridine rings is 1. The van der Waals surface area contributed by atoms with Gasteiger partial charge in [-0.3, -0.25) is 0 Å². The Labute approximate surface area is 177 Å². The molecule has 0 atom stereocenters. The van der Waals surface area contributed by atoms with Crippen molar-refractivity contribution in [3.8, 4) is 11.3 Å². The number of rotatable bonds is 3. The lowest BCUT2D eigenvalue weighted by molar-refractivity contribution is -0.657. The van der Waals surface area contributed by atoms with Crippen LogP contribution >= 0.6 is 0 Å². The minimum absolute atomic E-state index is 0.475. The average molecular weight is 392 g/mol. The summed E-state index contributed by atoms with van der Waals surface area (Å²) in [6.45, 7) is 10.2. The molecule has 0 bridgehead atoms. The molecule has 148 valence electrons. The zero-order valence-corrected chi connectivity index (χ0v) is 18.1. The molecular formula is C28H27N2+. The predicted molar refractivity (Wildman–Crippen MR) is 125 cm³/mol. The molecule has 3 aromatic carbocycles. The van der Waals surface area contributed by atoms with E-state index in [0.29, 0.717) is 11.8 Å². The lowest BCUT2D eigenvalue weighted by atomic mass is 9.87. The monoisotopic (exact) mass is 391 g/mol. The summed E-state index contributed by atoms with van der Waals surface area (Å²) in [5.74, 6) is 0.950. The molecule has 0 amide bonds. The van der Waals surface area contributed by atoms with Crippen LogP contribution < -0.4 is 4.57 Å². The summed E-state index contributed by atoms with van der Waals surface area (Å²) in [5.41, 5.74) is 9.67. The summed E-state index contributed by atoms with van der Waals surface area (Å²) >= 11 is 0. The van der Waals surface area contributed by atoms with E-state index in [-0.39, 0.29) is 0 Å². The quantitative estimate of drug-likeness (QED) is 0.231. The van der Waals surface area contributed by atoms with E-state index in [1.54, 1.807) is 0 Å². The van der Waals surface area contributed by atoms with Gasteiger partial charge in [0.1, 0.15) is 18.3 Å². The van der Waals surface area contributed by atoms with Gasteiger partial charge in [0.25, 0.3) is 5.65 Å². The Morgan fingerprint density at radius 1 is 0.767 bits per heavy atom. The molecule has 2 heteroatoms. The van der Waals surface area contributed by atoms with Gasteiger partial charge in [-0.25, -0.2) is 4.57 Å². The first kappa shape index (κ1) is 17.7. The number of fused-ring (bicyclic) bond motifs is 3. The minimum atomic E-state index is 0.475. The number of para-hydroxylation sites is 1. The summed E-state index contributed by atoms with van der Waals surface area (Å²) in [6.07, 6.45) is 2.40. The maximum atomic E-state index is 2.53. The summed E-state index contributed by atoms with van der Waals surface area (Å²) in [5, 5.41) is 4.11. The van der Waals surface area contributed by atoms with E-state index in [1.165, 1.54) is 55.3 Å². The Morgan fingerprint density at radius 2 is 1.43 bits per heavy atom. The number of hydrogen-bond donors (Lipinski definition) is 0. The van der Waals surface area contributed by atoms with Gasteiger partial charge in [0.05, 0.1) is 5.39 Å². The van der Waals surface area contributed by atoms with Crippen molar-refractivity contribution in [2.24, 2.45) is 0 Å². The van der Waals surface area contributed by atoms with Gasteiger partial charge in [-0.2, -0.15) is 4.40 Å². The van der Waals surface area contributed by atoms with Crippen LogP contribution in [0.2, 0.25) is 0 Å². The zero-order chi connectivity index (χ0) is 20.6. The molecule has 1 aliphatic heterocycles. The van der Waals surface area contributed by atoms with Crippen molar-refractivity contribution in [2.75, 3.05) is 0 Å². The number of benzene rings is 3. The molecule has 3 heterocycles. The third kappa shape index (κ3) is 2.22. The van der Waals surface area contributed by atoms with Gasteiger partial charge in [-0.1, -0.05) is 82.3 Å². The number of imidazole rings is 1. The van der Waals surface area contributed by atoms with E-state index in [4.69, 9.17) is 0 Å². The van der Waals surface area contributed by atoms with E-state index in [9.17, 15) is 0 Å². The number of aromatic nitrogens is 2. The van der Waals surface area contributed by atoms with Crippen LogP contribution in [0.4, 0.5) is 0 Å². The van der Waals surface area contributed by atoms with Crippen LogP contribution in [0.1, 0.15) is 56.2 Å². The Kier molecular flexibility index (Phi) is 3.65. The van der Waals surface area contributed by atoms with Crippen molar-refractivity contribution >= 4 is 27.3 Å². The summed E-state index contributed by atoms with van der Waals surface area (Å²) in [4.78, 5) is 0. The van der Waals surface area contributed by atoms with Gasteiger partial charge in [-0.05, 0) is 29.0 Å². The molecule has 2 nitrogen and oxygen atoms in total. The second kappa shape index (κ2) is 6.18. The summed E-state index contributed by atoms with van der Waals surface area (Å²) < 4.78 is 4.99. The van der Waals surface area contributed by atoms with Crippen molar-refractivity contribution < 1.29 is 4.57 Å². The van der Waals surface area contributed by atoms with Gasteiger partial charge in [-0.15, -0.1) is 0 Å². The topological polar surface area (TPSA) is 8.29 Å². The standard InChI is InChI=1S/C28H27N2/c1-17(2)20-11-8-12-21(18(3)4)27(20)25-16-29-15-19-9-7-13-23-22-10-5-6-14-24(22)30(25)28(29)26(19)23/h5-14,16-18H,15H2,1-4H3/q+1. The highest BCUT2D eigenvalue weighted by Gasteiger charge is 2.32. The lowest BCUT2D eigenvalue weighted by Crippen LogP contribution is -2.28. The molecule has 0 saturated carbocycles. The molecule has 0 spiro atoms. The van der Waals surface area contributed by atoms with E-state index in [1.807, 2.05) is 0 Å². The molecule has 6 rings (SSSR count). The Balaban J connectivity index is 1.86. The van der Waals surface area contributed by atoms with Crippen LogP contribution in [-0.2, 0) is 6.54 Å². The molecule has 0 radical (unpaired) electrons. The molecule has 0 N–H and O–H groups in total. The van der Waals surface area contributed by atoms with Crippen LogP contribution in [0.25, 0.3) is 38.6 Å². The SMILES string of the molecule is CC(C)c1cccc(C(C)C)c1-c1c[n+]2c3c4c(cccc4c4ccccc4n13)C2. The number of hydrogen-bond acceptors (Lipinski definition) is 0. The summed E-state index contributed by atoms with van der Waals surface area (Å²) in [7, 11) is 0. The number of nitrogens with zero attached hydrogens (tertiary/aromatic N) is 2. The minimum Gasteiger partial charge on any atom is -0.225 e. The van der Waals surface area contributed by atoms with Crippen molar-refractivity contribution in [1.82, 2.24) is 4.40 Å². The molecule has 0 aliphatic carbocycles. The second-order valence-electron chi connectivity index (χ2n) is 9.28. The van der Waals surface area contributed by atoms with Crippen LogP contribution in [0, 0.1) is 0 Å². The fourth-order valence-electron chi connectivity index (χ4n) is 5.45. The zero-order valence-electron chi connectivity index (χ0n) is 18.1. The highest BCUT2D eigenvalue weighted by molar-refractivity contribution is 6.13. The van der Waals surface area contributed by atoms with Crippen molar-refractivity contribution in [3.05, 3.63) is 83.6 Å². The van der Waals surface area contributed by atoms with Gasteiger partial charge in [0, 0.05) is 21.9 Å². The van der Waals surface area contributed by atoms with Gasteiger partial charge < -0.3 is 0 Å². The van der Waals surface area contributed by atoms with Crippen molar-refractivity contribution in [2.45, 2.75) is 46.1 Å². The van der Waals surface area contributed by atoms with Crippen LogP contribution in [-0.4, -0.2) is 4.40 Å². The maximum Gasteiger partial charge on any atom is 0.295 e. The predicted octanol–water partition coefficient (Wildman–Crippen LogP) is 6.81. The normalized spacial score (nSPS) is 13.1. The molecule has 2 aromatic heterocycles. The van der Waals surface area contributed by atoms with Crippen molar-refractivity contribution in [3.63, 3.8) is 0 Å². The smallest absolute Gasteiger partial charge is 0.225 e. The maximum absolute atomic E-state index is 2.53. The second-order valence-corrected chi connectivity index (χ2v) is 9.28. The molecule has 5 aromatic rings. The first-order chi connectivity index (χ1) is 14.6. The molecule has 0 saturated heterocycles. The fraction of sp³-hybridized carbons (Fsp3) is 0.250.